The van der Waals surface area contributed by atoms with E-state index < -0.39 is 0 Å². The first-order valence-corrected chi connectivity index (χ1v) is 13.0. The minimum absolute atomic E-state index is 0.0391. The van der Waals surface area contributed by atoms with E-state index in [2.05, 4.69) is 39.3 Å². The molecular formula is C29H31N5O2. The third-order valence-corrected chi connectivity index (χ3v) is 7.51. The van der Waals surface area contributed by atoms with E-state index >= 15 is 0 Å². The van der Waals surface area contributed by atoms with Crippen LogP contribution in [0.5, 0.6) is 0 Å². The maximum Gasteiger partial charge on any atom is 0.250 e. The van der Waals surface area contributed by atoms with Gasteiger partial charge in [0.1, 0.15) is 11.4 Å². The highest BCUT2D eigenvalue weighted by Gasteiger charge is 2.19. The molecule has 0 spiro atoms. The van der Waals surface area contributed by atoms with E-state index in [1.54, 1.807) is 12.3 Å². The molecule has 0 N–H and O–H groups in total. The van der Waals surface area contributed by atoms with Gasteiger partial charge >= 0.3 is 0 Å². The van der Waals surface area contributed by atoms with Crippen molar-refractivity contribution in [3.05, 3.63) is 76.5 Å². The topological polar surface area (TPSA) is 77.1 Å². The van der Waals surface area contributed by atoms with Gasteiger partial charge in [-0.05, 0) is 57.3 Å². The fourth-order valence-electron chi connectivity index (χ4n) is 5.45. The van der Waals surface area contributed by atoms with Crippen molar-refractivity contribution in [2.24, 2.45) is 0 Å². The molecule has 2 fully saturated rings. The lowest BCUT2D eigenvalue weighted by Crippen LogP contribution is -2.22. The molecule has 0 amide bonds. The van der Waals surface area contributed by atoms with Gasteiger partial charge in [-0.3, -0.25) is 14.7 Å². The van der Waals surface area contributed by atoms with Crippen LogP contribution in [-0.4, -0.2) is 37.7 Å². The second kappa shape index (κ2) is 9.82. The van der Waals surface area contributed by atoms with Crippen molar-refractivity contribution >= 4 is 0 Å². The van der Waals surface area contributed by atoms with E-state index in [0.29, 0.717) is 17.1 Å². The molecule has 1 saturated heterocycles. The molecule has 1 aliphatic carbocycles. The molecule has 36 heavy (non-hydrogen) atoms. The van der Waals surface area contributed by atoms with Crippen molar-refractivity contribution in [2.45, 2.75) is 58.0 Å². The molecule has 2 aliphatic rings. The summed E-state index contributed by atoms with van der Waals surface area (Å²) in [4.78, 5) is 24.4. The van der Waals surface area contributed by atoms with E-state index in [4.69, 9.17) is 9.51 Å². The number of benzene rings is 1. The predicted molar refractivity (Wildman–Crippen MR) is 139 cm³/mol. The Morgan fingerprint density at radius 2 is 1.69 bits per heavy atom. The number of pyridine rings is 1. The SMILES string of the molecule is Cc1ncc(-c2ccc(=O)n(C3CCCC3)c2)nc1-c1cc(-c2ccc(CN3CCCC3)cc2)no1. The van der Waals surface area contributed by atoms with Crippen molar-refractivity contribution in [1.29, 1.82) is 0 Å². The summed E-state index contributed by atoms with van der Waals surface area (Å²) in [6, 6.07) is 14.2. The fraction of sp³-hybridized carbons (Fsp3) is 0.379. The van der Waals surface area contributed by atoms with Crippen molar-refractivity contribution < 1.29 is 4.52 Å². The summed E-state index contributed by atoms with van der Waals surface area (Å²) in [5.41, 5.74) is 6.17. The van der Waals surface area contributed by atoms with Crippen LogP contribution in [0.15, 0.2) is 64.2 Å². The molecule has 1 saturated carbocycles. The van der Waals surface area contributed by atoms with Crippen LogP contribution in [0.2, 0.25) is 0 Å². The van der Waals surface area contributed by atoms with Crippen molar-refractivity contribution in [1.82, 2.24) is 24.6 Å². The number of aromatic nitrogens is 4. The van der Waals surface area contributed by atoms with Gasteiger partial charge in [-0.25, -0.2) is 4.98 Å². The molecule has 7 nitrogen and oxygen atoms in total. The minimum Gasteiger partial charge on any atom is -0.354 e. The van der Waals surface area contributed by atoms with Crippen molar-refractivity contribution in [3.8, 4) is 34.0 Å². The molecule has 7 heteroatoms. The second-order valence-electron chi connectivity index (χ2n) is 10.0. The zero-order valence-corrected chi connectivity index (χ0v) is 20.7. The molecule has 184 valence electrons. The molecule has 6 rings (SSSR count). The van der Waals surface area contributed by atoms with Gasteiger partial charge in [0, 0.05) is 42.0 Å². The summed E-state index contributed by atoms with van der Waals surface area (Å²) in [5.74, 6) is 0.585. The van der Waals surface area contributed by atoms with Gasteiger partial charge in [0.15, 0.2) is 5.76 Å². The Kier molecular flexibility index (Phi) is 6.23. The number of hydrogen-bond acceptors (Lipinski definition) is 6. The standard InChI is InChI=1S/C29H31N5O2/c1-20-29(31-26(17-30-20)23-12-13-28(35)34(19-23)24-6-2-3-7-24)27-16-25(32-36-27)22-10-8-21(9-11-22)18-33-14-4-5-15-33/h8-13,16-17,19,24H,2-7,14-15,18H2,1H3. The van der Waals surface area contributed by atoms with Gasteiger partial charge in [-0.2, -0.15) is 0 Å². The maximum atomic E-state index is 12.5. The highest BCUT2D eigenvalue weighted by molar-refractivity contribution is 5.68. The molecular weight excluding hydrogens is 450 g/mol. The Bertz CT molecular complexity index is 1410. The summed E-state index contributed by atoms with van der Waals surface area (Å²) in [6.07, 6.45) is 10.7. The number of nitrogens with zero attached hydrogens (tertiary/aromatic N) is 5. The summed E-state index contributed by atoms with van der Waals surface area (Å²) >= 11 is 0. The first-order valence-electron chi connectivity index (χ1n) is 13.0. The third kappa shape index (κ3) is 4.63. The van der Waals surface area contributed by atoms with Gasteiger partial charge in [0.2, 0.25) is 0 Å². The average molecular weight is 482 g/mol. The molecule has 3 aromatic heterocycles. The van der Waals surface area contributed by atoms with Gasteiger partial charge in [0.25, 0.3) is 5.56 Å². The summed E-state index contributed by atoms with van der Waals surface area (Å²) in [7, 11) is 0. The van der Waals surface area contributed by atoms with Crippen LogP contribution < -0.4 is 5.56 Å². The van der Waals surface area contributed by atoms with Crippen molar-refractivity contribution in [2.75, 3.05) is 13.1 Å². The molecule has 1 aliphatic heterocycles. The zero-order chi connectivity index (χ0) is 24.5. The average Bonchev–Trinajstić information content (AvgIpc) is 3.69. The molecule has 0 atom stereocenters. The Balaban J connectivity index is 1.26. The first kappa shape index (κ1) is 22.9. The van der Waals surface area contributed by atoms with Crippen LogP contribution in [0.1, 0.15) is 55.8 Å². The van der Waals surface area contributed by atoms with Crippen LogP contribution in [0.4, 0.5) is 0 Å². The quantitative estimate of drug-likeness (QED) is 0.354. The van der Waals surface area contributed by atoms with E-state index in [-0.39, 0.29) is 11.6 Å². The Hall–Kier alpha value is -3.58. The Morgan fingerprint density at radius 3 is 2.47 bits per heavy atom. The lowest BCUT2D eigenvalue weighted by atomic mass is 10.1. The normalized spacial score (nSPS) is 16.7. The molecule has 4 heterocycles. The summed E-state index contributed by atoms with van der Waals surface area (Å²) < 4.78 is 7.59. The lowest BCUT2D eigenvalue weighted by Gasteiger charge is -2.14. The first-order chi connectivity index (χ1) is 17.6. The van der Waals surface area contributed by atoms with Gasteiger partial charge in [-0.15, -0.1) is 0 Å². The maximum absolute atomic E-state index is 12.5. The van der Waals surface area contributed by atoms with Crippen LogP contribution in [0, 0.1) is 6.92 Å². The highest BCUT2D eigenvalue weighted by atomic mass is 16.5. The van der Waals surface area contributed by atoms with Crippen LogP contribution >= 0.6 is 0 Å². The molecule has 4 aromatic rings. The number of rotatable bonds is 6. The molecule has 0 bridgehead atoms. The van der Waals surface area contributed by atoms with Gasteiger partial charge < -0.3 is 9.09 Å². The zero-order valence-electron chi connectivity index (χ0n) is 20.7. The van der Waals surface area contributed by atoms with E-state index in [1.165, 1.54) is 44.3 Å². The number of likely N-dealkylation sites (tertiary alicyclic amines) is 1. The largest absolute Gasteiger partial charge is 0.354 e. The van der Waals surface area contributed by atoms with Gasteiger partial charge in [0.05, 0.1) is 17.6 Å². The minimum atomic E-state index is 0.0391. The summed E-state index contributed by atoms with van der Waals surface area (Å²) in [6.45, 7) is 5.30. The summed E-state index contributed by atoms with van der Waals surface area (Å²) in [5, 5.41) is 4.32. The Morgan fingerprint density at radius 1 is 0.944 bits per heavy atom. The predicted octanol–water partition coefficient (Wildman–Crippen LogP) is 5.65. The second-order valence-corrected chi connectivity index (χ2v) is 10.0. The number of hydrogen-bond donors (Lipinski definition) is 0. The highest BCUT2D eigenvalue weighted by Crippen LogP contribution is 2.31. The molecule has 1 aromatic carbocycles. The smallest absolute Gasteiger partial charge is 0.250 e. The van der Waals surface area contributed by atoms with Crippen LogP contribution in [0.25, 0.3) is 34.0 Å². The molecule has 0 unspecified atom stereocenters. The lowest BCUT2D eigenvalue weighted by molar-refractivity contribution is 0.331. The van der Waals surface area contributed by atoms with E-state index in [0.717, 1.165) is 41.9 Å². The van der Waals surface area contributed by atoms with Crippen LogP contribution in [0.3, 0.4) is 0 Å². The van der Waals surface area contributed by atoms with Gasteiger partial charge in [-0.1, -0.05) is 42.3 Å². The third-order valence-electron chi connectivity index (χ3n) is 7.51. The Labute approximate surface area is 210 Å². The van der Waals surface area contributed by atoms with E-state index in [1.807, 2.05) is 29.8 Å². The monoisotopic (exact) mass is 481 g/mol. The fourth-order valence-corrected chi connectivity index (χ4v) is 5.45. The number of aryl methyl sites for hydroxylation is 1. The van der Waals surface area contributed by atoms with E-state index in [9.17, 15) is 4.79 Å². The molecule has 0 radical (unpaired) electrons. The van der Waals surface area contributed by atoms with Crippen LogP contribution in [-0.2, 0) is 6.54 Å². The van der Waals surface area contributed by atoms with Crippen molar-refractivity contribution in [3.63, 3.8) is 0 Å².